The van der Waals surface area contributed by atoms with Crippen molar-refractivity contribution in [2.45, 2.75) is 25.5 Å². The molecule has 2 rings (SSSR count). The van der Waals surface area contributed by atoms with Crippen LogP contribution in [0.25, 0.3) is 0 Å². The second-order valence-corrected chi connectivity index (χ2v) is 4.87. The van der Waals surface area contributed by atoms with E-state index in [0.29, 0.717) is 31.9 Å². The second-order valence-electron chi connectivity index (χ2n) is 4.87. The lowest BCUT2D eigenvalue weighted by Gasteiger charge is -2.10. The van der Waals surface area contributed by atoms with Gasteiger partial charge in [-0.3, -0.25) is 4.79 Å². The summed E-state index contributed by atoms with van der Waals surface area (Å²) < 4.78 is 10.9. The molecule has 1 heterocycles. The van der Waals surface area contributed by atoms with Gasteiger partial charge in [0.05, 0.1) is 12.7 Å². The molecule has 1 aromatic rings. The fourth-order valence-corrected chi connectivity index (χ4v) is 2.06. The topological polar surface area (TPSA) is 73.6 Å². The van der Waals surface area contributed by atoms with Crippen molar-refractivity contribution in [2.75, 3.05) is 26.4 Å². The van der Waals surface area contributed by atoms with E-state index in [1.165, 1.54) is 0 Å². The van der Waals surface area contributed by atoms with Crippen molar-refractivity contribution in [1.29, 1.82) is 0 Å². The van der Waals surface area contributed by atoms with Gasteiger partial charge in [0.2, 0.25) is 0 Å². The monoisotopic (exact) mass is 278 g/mol. The van der Waals surface area contributed by atoms with E-state index in [4.69, 9.17) is 15.2 Å². The molecule has 1 fully saturated rings. The van der Waals surface area contributed by atoms with Gasteiger partial charge in [0.1, 0.15) is 0 Å². The summed E-state index contributed by atoms with van der Waals surface area (Å²) in [6.07, 6.45) is 2.01. The fraction of sp³-hybridized carbons (Fsp3) is 0.533. The van der Waals surface area contributed by atoms with Crippen molar-refractivity contribution < 1.29 is 14.3 Å². The first-order chi connectivity index (χ1) is 9.79. The van der Waals surface area contributed by atoms with Crippen LogP contribution in [-0.4, -0.2) is 38.4 Å². The predicted molar refractivity (Wildman–Crippen MR) is 76.5 cm³/mol. The van der Waals surface area contributed by atoms with Crippen LogP contribution in [0.2, 0.25) is 0 Å². The number of nitrogens with one attached hydrogen (secondary N) is 1. The van der Waals surface area contributed by atoms with Crippen molar-refractivity contribution in [3.8, 4) is 0 Å². The first-order valence-electron chi connectivity index (χ1n) is 7.06. The van der Waals surface area contributed by atoms with Gasteiger partial charge in [0.25, 0.3) is 5.91 Å². The van der Waals surface area contributed by atoms with Gasteiger partial charge in [0, 0.05) is 31.9 Å². The van der Waals surface area contributed by atoms with Gasteiger partial charge >= 0.3 is 0 Å². The molecule has 20 heavy (non-hydrogen) atoms. The number of hydrogen-bond acceptors (Lipinski definition) is 4. The summed E-state index contributed by atoms with van der Waals surface area (Å²) in [5, 5.41) is 2.88. The molecular formula is C15H22N2O3. The normalized spacial score (nSPS) is 18.1. The minimum absolute atomic E-state index is 0.0576. The van der Waals surface area contributed by atoms with Crippen LogP contribution in [0.5, 0.6) is 0 Å². The highest BCUT2D eigenvalue weighted by atomic mass is 16.5. The average molecular weight is 278 g/mol. The highest BCUT2D eigenvalue weighted by Crippen LogP contribution is 2.08. The van der Waals surface area contributed by atoms with E-state index in [9.17, 15) is 4.79 Å². The maximum Gasteiger partial charge on any atom is 0.251 e. The van der Waals surface area contributed by atoms with Crippen LogP contribution in [-0.2, 0) is 16.0 Å². The summed E-state index contributed by atoms with van der Waals surface area (Å²) in [4.78, 5) is 11.9. The number of ether oxygens (including phenoxy) is 2. The molecule has 5 nitrogen and oxygen atoms in total. The number of hydrogen-bond donors (Lipinski definition) is 2. The smallest absolute Gasteiger partial charge is 0.251 e. The lowest BCUT2D eigenvalue weighted by Crippen LogP contribution is -2.26. The molecule has 1 amide bonds. The van der Waals surface area contributed by atoms with Gasteiger partial charge in [-0.15, -0.1) is 0 Å². The molecule has 3 N–H and O–H groups in total. The van der Waals surface area contributed by atoms with E-state index in [0.717, 1.165) is 25.0 Å². The fourth-order valence-electron chi connectivity index (χ4n) is 2.06. The minimum atomic E-state index is -0.0576. The van der Waals surface area contributed by atoms with Crippen LogP contribution in [0.4, 0.5) is 0 Å². The quantitative estimate of drug-likeness (QED) is 0.732. The summed E-state index contributed by atoms with van der Waals surface area (Å²) in [5.41, 5.74) is 7.20. The van der Waals surface area contributed by atoms with Gasteiger partial charge in [-0.1, -0.05) is 12.1 Å². The number of carbonyl (C=O) groups excluding carboxylic acids is 1. The van der Waals surface area contributed by atoms with Crippen LogP contribution < -0.4 is 11.1 Å². The summed E-state index contributed by atoms with van der Waals surface area (Å²) >= 11 is 0. The van der Waals surface area contributed by atoms with Crippen LogP contribution >= 0.6 is 0 Å². The number of carbonyl (C=O) groups is 1. The first kappa shape index (κ1) is 15.0. The molecule has 0 radical (unpaired) electrons. The molecule has 5 heteroatoms. The number of benzene rings is 1. The molecule has 0 saturated carbocycles. The highest BCUT2D eigenvalue weighted by molar-refractivity contribution is 5.94. The van der Waals surface area contributed by atoms with Crippen molar-refractivity contribution in [2.24, 2.45) is 5.73 Å². The van der Waals surface area contributed by atoms with Crippen molar-refractivity contribution in [1.82, 2.24) is 5.32 Å². The number of amides is 1. The van der Waals surface area contributed by atoms with E-state index in [1.807, 2.05) is 12.1 Å². The lowest BCUT2D eigenvalue weighted by atomic mass is 10.1. The van der Waals surface area contributed by atoms with E-state index in [1.54, 1.807) is 12.1 Å². The Kier molecular flexibility index (Phi) is 5.98. The zero-order valence-corrected chi connectivity index (χ0v) is 11.6. The number of rotatable bonds is 7. The SMILES string of the molecule is NCc1ccc(C(=O)NCCCOC2CCOC2)cc1. The second kappa shape index (κ2) is 7.99. The van der Waals surface area contributed by atoms with Crippen LogP contribution in [0.1, 0.15) is 28.8 Å². The van der Waals surface area contributed by atoms with Crippen molar-refractivity contribution in [3.63, 3.8) is 0 Å². The highest BCUT2D eigenvalue weighted by Gasteiger charge is 2.15. The Balaban J connectivity index is 1.61. The molecule has 1 aliphatic rings. The van der Waals surface area contributed by atoms with Crippen molar-refractivity contribution in [3.05, 3.63) is 35.4 Å². The van der Waals surface area contributed by atoms with Gasteiger partial charge in [-0.2, -0.15) is 0 Å². The van der Waals surface area contributed by atoms with E-state index in [2.05, 4.69) is 5.32 Å². The molecule has 110 valence electrons. The molecule has 1 aromatic carbocycles. The summed E-state index contributed by atoms with van der Waals surface area (Å²) in [6, 6.07) is 7.34. The standard InChI is InChI=1S/C15H22N2O3/c16-10-12-2-4-13(5-3-12)15(18)17-7-1-8-20-14-6-9-19-11-14/h2-5,14H,1,6-11,16H2,(H,17,18). The summed E-state index contributed by atoms with van der Waals surface area (Å²) in [5.74, 6) is -0.0576. The maximum atomic E-state index is 11.9. The van der Waals surface area contributed by atoms with Gasteiger partial charge in [-0.25, -0.2) is 0 Å². The maximum absolute atomic E-state index is 11.9. The Labute approximate surface area is 119 Å². The molecule has 0 aliphatic carbocycles. The van der Waals surface area contributed by atoms with E-state index in [-0.39, 0.29) is 12.0 Å². The van der Waals surface area contributed by atoms with Crippen LogP contribution in [0.15, 0.2) is 24.3 Å². The van der Waals surface area contributed by atoms with Crippen LogP contribution in [0, 0.1) is 0 Å². The Hall–Kier alpha value is -1.43. The molecule has 1 unspecified atom stereocenters. The van der Waals surface area contributed by atoms with Gasteiger partial charge in [0.15, 0.2) is 0 Å². The Morgan fingerprint density at radius 2 is 2.20 bits per heavy atom. The Morgan fingerprint density at radius 1 is 1.40 bits per heavy atom. The van der Waals surface area contributed by atoms with Gasteiger partial charge < -0.3 is 20.5 Å². The predicted octanol–water partition coefficient (Wildman–Crippen LogP) is 1.07. The zero-order chi connectivity index (χ0) is 14.2. The zero-order valence-electron chi connectivity index (χ0n) is 11.6. The third kappa shape index (κ3) is 4.59. The molecule has 1 aliphatic heterocycles. The van der Waals surface area contributed by atoms with E-state index >= 15 is 0 Å². The summed E-state index contributed by atoms with van der Waals surface area (Å²) in [7, 11) is 0. The largest absolute Gasteiger partial charge is 0.379 e. The van der Waals surface area contributed by atoms with E-state index < -0.39 is 0 Å². The van der Waals surface area contributed by atoms with Crippen molar-refractivity contribution >= 4 is 5.91 Å². The third-order valence-electron chi connectivity index (χ3n) is 3.30. The number of nitrogens with two attached hydrogens (primary N) is 1. The molecule has 1 atom stereocenters. The minimum Gasteiger partial charge on any atom is -0.379 e. The Morgan fingerprint density at radius 3 is 2.85 bits per heavy atom. The molecule has 0 bridgehead atoms. The molecule has 1 saturated heterocycles. The molecule has 0 aromatic heterocycles. The first-order valence-corrected chi connectivity index (χ1v) is 7.06. The lowest BCUT2D eigenvalue weighted by molar-refractivity contribution is 0.0415. The summed E-state index contributed by atoms with van der Waals surface area (Å²) in [6.45, 7) is 3.25. The Bertz CT molecular complexity index is 414. The van der Waals surface area contributed by atoms with Gasteiger partial charge in [-0.05, 0) is 30.5 Å². The molecular weight excluding hydrogens is 256 g/mol. The van der Waals surface area contributed by atoms with Crippen LogP contribution in [0.3, 0.4) is 0 Å². The molecule has 0 spiro atoms. The third-order valence-corrected chi connectivity index (χ3v) is 3.30. The average Bonchev–Trinajstić information content (AvgIpc) is 3.00.